The number of benzene rings is 1. The Hall–Kier alpha value is -2.34. The van der Waals surface area contributed by atoms with Crippen LogP contribution in [-0.4, -0.2) is 41.4 Å². The molecule has 2 heterocycles. The molecule has 0 radical (unpaired) electrons. The van der Waals surface area contributed by atoms with Gasteiger partial charge in [-0.2, -0.15) is 4.98 Å². The van der Waals surface area contributed by atoms with Crippen molar-refractivity contribution in [1.29, 1.82) is 0 Å². The number of ether oxygens (including phenoxy) is 1. The largest absolute Gasteiger partial charge is 0.497 e. The summed E-state index contributed by atoms with van der Waals surface area (Å²) >= 11 is 0. The fraction of sp³-hybridized carbons (Fsp3) is 0.524. The quantitative estimate of drug-likeness (QED) is 0.734. The number of hydrogen-bond acceptors (Lipinski definition) is 6. The first-order chi connectivity index (χ1) is 13.2. The molecular weight excluding hydrogens is 340 g/mol. The van der Waals surface area contributed by atoms with Crippen LogP contribution in [0.2, 0.25) is 0 Å². The van der Waals surface area contributed by atoms with Crippen LogP contribution in [0.1, 0.15) is 44.7 Å². The molecule has 27 heavy (non-hydrogen) atoms. The van der Waals surface area contributed by atoms with Crippen LogP contribution < -0.4 is 15.0 Å². The summed E-state index contributed by atoms with van der Waals surface area (Å²) < 4.78 is 5.22. The van der Waals surface area contributed by atoms with Gasteiger partial charge in [-0.15, -0.1) is 0 Å². The summed E-state index contributed by atoms with van der Waals surface area (Å²) in [7, 11) is 1.66. The normalized spacial score (nSPS) is 17.0. The molecule has 0 bridgehead atoms. The van der Waals surface area contributed by atoms with E-state index in [1.165, 1.54) is 6.42 Å². The third-order valence-electron chi connectivity index (χ3n) is 5.00. The first kappa shape index (κ1) is 19.4. The number of nitrogens with one attached hydrogen (secondary N) is 1. The maximum atomic E-state index is 9.43. The fourth-order valence-corrected chi connectivity index (χ4v) is 3.63. The van der Waals surface area contributed by atoms with Gasteiger partial charge in [0.2, 0.25) is 5.95 Å². The molecule has 0 saturated carbocycles. The van der Waals surface area contributed by atoms with Crippen molar-refractivity contribution in [3.8, 4) is 5.75 Å². The standard InChI is InChI=1S/C21H30N4O2/c1-3-6-17-15-20(25-13-5-4-7-18(25)12-14-26)24-21(23-17)22-16-8-10-19(27-2)11-9-16/h8-11,15,18,26H,3-7,12-14H2,1-2H3,(H,22,23,24). The monoisotopic (exact) mass is 370 g/mol. The Balaban J connectivity index is 1.86. The van der Waals surface area contributed by atoms with E-state index in [4.69, 9.17) is 14.7 Å². The molecule has 0 aliphatic carbocycles. The predicted octanol–water partition coefficient (Wildman–Crippen LogP) is 3.92. The number of anilines is 3. The van der Waals surface area contributed by atoms with Crippen molar-refractivity contribution in [3.05, 3.63) is 36.0 Å². The van der Waals surface area contributed by atoms with Gasteiger partial charge >= 0.3 is 0 Å². The van der Waals surface area contributed by atoms with Crippen molar-refractivity contribution < 1.29 is 9.84 Å². The van der Waals surface area contributed by atoms with Crippen molar-refractivity contribution in [1.82, 2.24) is 9.97 Å². The second-order valence-corrected chi connectivity index (χ2v) is 7.00. The number of piperidine rings is 1. The third kappa shape index (κ3) is 5.10. The molecule has 1 aliphatic heterocycles. The van der Waals surface area contributed by atoms with Crippen LogP contribution in [0.15, 0.2) is 30.3 Å². The summed E-state index contributed by atoms with van der Waals surface area (Å²) in [4.78, 5) is 11.8. The number of aromatic nitrogens is 2. The van der Waals surface area contributed by atoms with Crippen LogP contribution in [0.3, 0.4) is 0 Å². The van der Waals surface area contributed by atoms with Crippen molar-refractivity contribution in [2.75, 3.05) is 30.5 Å². The van der Waals surface area contributed by atoms with E-state index < -0.39 is 0 Å². The number of aryl methyl sites for hydroxylation is 1. The first-order valence-corrected chi connectivity index (χ1v) is 9.90. The van der Waals surface area contributed by atoms with E-state index in [1.807, 2.05) is 24.3 Å². The summed E-state index contributed by atoms with van der Waals surface area (Å²) in [6, 6.07) is 10.2. The molecule has 1 unspecified atom stereocenters. The van der Waals surface area contributed by atoms with Crippen molar-refractivity contribution in [3.63, 3.8) is 0 Å². The Labute approximate surface area is 161 Å². The van der Waals surface area contributed by atoms with Gasteiger partial charge in [0.05, 0.1) is 7.11 Å². The minimum Gasteiger partial charge on any atom is -0.497 e. The SMILES string of the molecule is CCCc1cc(N2CCCCC2CCO)nc(Nc2ccc(OC)cc2)n1. The van der Waals surface area contributed by atoms with E-state index in [-0.39, 0.29) is 6.61 Å². The molecule has 1 fully saturated rings. The molecule has 1 aromatic carbocycles. The molecular formula is C21H30N4O2. The summed E-state index contributed by atoms with van der Waals surface area (Å²) in [5.74, 6) is 2.40. The van der Waals surface area contributed by atoms with E-state index >= 15 is 0 Å². The Morgan fingerprint density at radius 3 is 2.74 bits per heavy atom. The number of aliphatic hydroxyl groups excluding tert-OH is 1. The fourth-order valence-electron chi connectivity index (χ4n) is 3.63. The molecule has 1 atom stereocenters. The van der Waals surface area contributed by atoms with E-state index in [0.29, 0.717) is 12.0 Å². The summed E-state index contributed by atoms with van der Waals surface area (Å²) in [6.45, 7) is 3.36. The Kier molecular flexibility index (Phi) is 6.87. The van der Waals surface area contributed by atoms with E-state index in [9.17, 15) is 5.11 Å². The molecule has 2 N–H and O–H groups in total. The lowest BCUT2D eigenvalue weighted by atomic mass is 9.99. The van der Waals surface area contributed by atoms with Gasteiger partial charge in [0, 0.05) is 36.6 Å². The third-order valence-corrected chi connectivity index (χ3v) is 5.00. The zero-order valence-corrected chi connectivity index (χ0v) is 16.3. The zero-order valence-electron chi connectivity index (χ0n) is 16.3. The van der Waals surface area contributed by atoms with Gasteiger partial charge in [0.1, 0.15) is 11.6 Å². The molecule has 1 aromatic heterocycles. The van der Waals surface area contributed by atoms with Gasteiger partial charge in [-0.1, -0.05) is 13.3 Å². The molecule has 2 aromatic rings. The van der Waals surface area contributed by atoms with Gasteiger partial charge < -0.3 is 20.1 Å². The Morgan fingerprint density at radius 2 is 2.04 bits per heavy atom. The summed E-state index contributed by atoms with van der Waals surface area (Å²) in [5, 5.41) is 12.8. The van der Waals surface area contributed by atoms with Gasteiger partial charge in [0.25, 0.3) is 0 Å². The van der Waals surface area contributed by atoms with Gasteiger partial charge in [-0.25, -0.2) is 4.98 Å². The molecule has 146 valence electrons. The van der Waals surface area contributed by atoms with Gasteiger partial charge in [0.15, 0.2) is 0 Å². The number of rotatable bonds is 8. The predicted molar refractivity (Wildman–Crippen MR) is 109 cm³/mol. The van der Waals surface area contributed by atoms with Crippen molar-refractivity contribution in [2.24, 2.45) is 0 Å². The van der Waals surface area contributed by atoms with E-state index in [1.54, 1.807) is 7.11 Å². The Bertz CT molecular complexity index is 719. The highest BCUT2D eigenvalue weighted by molar-refractivity contribution is 5.57. The topological polar surface area (TPSA) is 70.5 Å². The van der Waals surface area contributed by atoms with Crippen LogP contribution in [0.5, 0.6) is 5.75 Å². The lowest BCUT2D eigenvalue weighted by Crippen LogP contribution is -2.40. The minimum atomic E-state index is 0.213. The van der Waals surface area contributed by atoms with Crippen LogP contribution in [0.4, 0.5) is 17.5 Å². The summed E-state index contributed by atoms with van der Waals surface area (Å²) in [6.07, 6.45) is 6.23. The zero-order chi connectivity index (χ0) is 19.1. The second kappa shape index (κ2) is 9.55. The lowest BCUT2D eigenvalue weighted by molar-refractivity contribution is 0.262. The van der Waals surface area contributed by atoms with Crippen LogP contribution in [0.25, 0.3) is 0 Å². The molecule has 3 rings (SSSR count). The number of hydrogen-bond donors (Lipinski definition) is 2. The number of nitrogens with zero attached hydrogens (tertiary/aromatic N) is 3. The minimum absolute atomic E-state index is 0.213. The van der Waals surface area contributed by atoms with Crippen molar-refractivity contribution >= 4 is 17.5 Å². The highest BCUT2D eigenvalue weighted by Crippen LogP contribution is 2.27. The molecule has 6 nitrogen and oxygen atoms in total. The van der Waals surface area contributed by atoms with Crippen LogP contribution in [0, 0.1) is 0 Å². The average Bonchev–Trinajstić information content (AvgIpc) is 2.69. The molecule has 0 spiro atoms. The molecule has 0 amide bonds. The van der Waals surface area contributed by atoms with Gasteiger partial charge in [-0.05, 0) is 56.4 Å². The highest BCUT2D eigenvalue weighted by Gasteiger charge is 2.24. The molecule has 1 aliphatic rings. The van der Waals surface area contributed by atoms with Gasteiger partial charge in [-0.3, -0.25) is 0 Å². The Morgan fingerprint density at radius 1 is 1.22 bits per heavy atom. The highest BCUT2D eigenvalue weighted by atomic mass is 16.5. The number of aliphatic hydroxyl groups is 1. The maximum absolute atomic E-state index is 9.43. The van der Waals surface area contributed by atoms with Crippen LogP contribution >= 0.6 is 0 Å². The van der Waals surface area contributed by atoms with E-state index in [0.717, 1.165) is 61.6 Å². The first-order valence-electron chi connectivity index (χ1n) is 9.90. The lowest BCUT2D eigenvalue weighted by Gasteiger charge is -2.36. The summed E-state index contributed by atoms with van der Waals surface area (Å²) in [5.41, 5.74) is 1.98. The smallest absolute Gasteiger partial charge is 0.229 e. The van der Waals surface area contributed by atoms with E-state index in [2.05, 4.69) is 23.2 Å². The van der Waals surface area contributed by atoms with Crippen LogP contribution in [-0.2, 0) is 6.42 Å². The average molecular weight is 370 g/mol. The molecule has 1 saturated heterocycles. The maximum Gasteiger partial charge on any atom is 0.229 e. The van der Waals surface area contributed by atoms with Crippen molar-refractivity contribution in [2.45, 2.75) is 51.5 Å². The second-order valence-electron chi connectivity index (χ2n) is 7.00. The number of methoxy groups -OCH3 is 1. The molecule has 6 heteroatoms.